The largest absolute Gasteiger partial charge is 0.311 e. The Morgan fingerprint density at radius 3 is 2.70 bits per heavy atom. The molecule has 1 aliphatic heterocycles. The molecular formula is C18H26N2. The summed E-state index contributed by atoms with van der Waals surface area (Å²) in [7, 11) is 0. The first-order valence-corrected chi connectivity index (χ1v) is 7.77. The third-order valence-electron chi connectivity index (χ3n) is 4.40. The van der Waals surface area contributed by atoms with Crippen LogP contribution in [0.1, 0.15) is 44.7 Å². The Labute approximate surface area is 123 Å². The molecule has 1 aliphatic rings. The van der Waals surface area contributed by atoms with Gasteiger partial charge in [-0.15, -0.1) is 12.3 Å². The van der Waals surface area contributed by atoms with Gasteiger partial charge in [0.1, 0.15) is 0 Å². The second kappa shape index (κ2) is 7.47. The van der Waals surface area contributed by atoms with Gasteiger partial charge in [-0.1, -0.05) is 44.2 Å². The number of nitrogens with one attached hydrogen (secondary N) is 1. The molecule has 1 aromatic carbocycles. The topological polar surface area (TPSA) is 15.3 Å². The lowest BCUT2D eigenvalue weighted by atomic mass is 9.96. The molecule has 1 fully saturated rings. The van der Waals surface area contributed by atoms with Crippen LogP contribution in [-0.2, 0) is 0 Å². The van der Waals surface area contributed by atoms with Crippen molar-refractivity contribution in [1.29, 1.82) is 0 Å². The SMILES string of the molecule is C#CCC(CC)N1CC(CC)NCC1c1ccccc1. The van der Waals surface area contributed by atoms with Crippen LogP contribution < -0.4 is 5.32 Å². The molecule has 1 heterocycles. The molecule has 1 N–H and O–H groups in total. The molecule has 3 unspecified atom stereocenters. The molecule has 3 atom stereocenters. The van der Waals surface area contributed by atoms with E-state index < -0.39 is 0 Å². The van der Waals surface area contributed by atoms with Gasteiger partial charge in [-0.2, -0.15) is 0 Å². The van der Waals surface area contributed by atoms with E-state index >= 15 is 0 Å². The standard InChI is InChI=1S/C18H26N2/c1-4-10-17(6-3)20-14-16(5-2)19-13-18(20)15-11-8-7-9-12-15/h1,7-9,11-12,16-19H,5-6,10,13-14H2,2-3H3. The van der Waals surface area contributed by atoms with Crippen molar-refractivity contribution in [1.82, 2.24) is 10.2 Å². The van der Waals surface area contributed by atoms with Crippen molar-refractivity contribution in [2.24, 2.45) is 0 Å². The summed E-state index contributed by atoms with van der Waals surface area (Å²) in [5.74, 6) is 2.86. The fourth-order valence-corrected chi connectivity index (χ4v) is 3.14. The van der Waals surface area contributed by atoms with Gasteiger partial charge in [0.25, 0.3) is 0 Å². The highest BCUT2D eigenvalue weighted by Crippen LogP contribution is 2.28. The van der Waals surface area contributed by atoms with Gasteiger partial charge in [0, 0.05) is 37.6 Å². The normalized spacial score (nSPS) is 25.1. The number of piperazine rings is 1. The lowest BCUT2D eigenvalue weighted by Crippen LogP contribution is -2.55. The van der Waals surface area contributed by atoms with Gasteiger partial charge in [-0.25, -0.2) is 0 Å². The summed E-state index contributed by atoms with van der Waals surface area (Å²) in [5.41, 5.74) is 1.39. The summed E-state index contributed by atoms with van der Waals surface area (Å²) >= 11 is 0. The maximum absolute atomic E-state index is 5.57. The second-order valence-corrected chi connectivity index (χ2v) is 5.61. The smallest absolute Gasteiger partial charge is 0.0476 e. The Kier molecular flexibility index (Phi) is 5.64. The van der Waals surface area contributed by atoms with Crippen molar-refractivity contribution in [2.75, 3.05) is 13.1 Å². The number of hydrogen-bond acceptors (Lipinski definition) is 2. The first-order valence-electron chi connectivity index (χ1n) is 7.77. The van der Waals surface area contributed by atoms with E-state index in [0.29, 0.717) is 18.1 Å². The molecule has 108 valence electrons. The van der Waals surface area contributed by atoms with Crippen molar-refractivity contribution in [3.63, 3.8) is 0 Å². The summed E-state index contributed by atoms with van der Waals surface area (Å²) in [6, 6.07) is 12.3. The Bertz CT molecular complexity index is 434. The van der Waals surface area contributed by atoms with E-state index in [0.717, 1.165) is 25.9 Å². The monoisotopic (exact) mass is 270 g/mol. The molecule has 2 nitrogen and oxygen atoms in total. The van der Waals surface area contributed by atoms with Crippen molar-refractivity contribution < 1.29 is 0 Å². The first-order chi connectivity index (χ1) is 9.80. The van der Waals surface area contributed by atoms with E-state index in [1.54, 1.807) is 0 Å². The number of hydrogen-bond donors (Lipinski definition) is 1. The summed E-state index contributed by atoms with van der Waals surface area (Å²) in [5, 5.41) is 3.68. The molecule has 0 aliphatic carbocycles. The highest BCUT2D eigenvalue weighted by atomic mass is 15.3. The van der Waals surface area contributed by atoms with E-state index in [1.165, 1.54) is 12.0 Å². The Balaban J connectivity index is 2.22. The van der Waals surface area contributed by atoms with Crippen molar-refractivity contribution >= 4 is 0 Å². The third-order valence-corrected chi connectivity index (χ3v) is 4.40. The zero-order chi connectivity index (χ0) is 14.4. The maximum Gasteiger partial charge on any atom is 0.0476 e. The molecule has 0 amide bonds. The summed E-state index contributed by atoms with van der Waals surface area (Å²) in [4.78, 5) is 2.62. The zero-order valence-electron chi connectivity index (χ0n) is 12.7. The van der Waals surface area contributed by atoms with Crippen LogP contribution >= 0.6 is 0 Å². The van der Waals surface area contributed by atoms with Crippen molar-refractivity contribution in [2.45, 2.75) is 51.2 Å². The van der Waals surface area contributed by atoms with Crippen LogP contribution in [0.4, 0.5) is 0 Å². The van der Waals surface area contributed by atoms with Crippen LogP contribution in [0, 0.1) is 12.3 Å². The number of terminal acetylenes is 1. The third kappa shape index (κ3) is 3.42. The lowest BCUT2D eigenvalue weighted by molar-refractivity contribution is 0.0792. The average Bonchev–Trinajstić information content (AvgIpc) is 2.53. The van der Waals surface area contributed by atoms with Crippen LogP contribution in [-0.4, -0.2) is 30.1 Å². The molecule has 0 spiro atoms. The fraction of sp³-hybridized carbons (Fsp3) is 0.556. The maximum atomic E-state index is 5.57. The molecule has 20 heavy (non-hydrogen) atoms. The Hall–Kier alpha value is -1.30. The van der Waals surface area contributed by atoms with Gasteiger partial charge in [0.05, 0.1) is 0 Å². The molecule has 0 radical (unpaired) electrons. The van der Waals surface area contributed by atoms with Crippen molar-refractivity contribution in [3.8, 4) is 12.3 Å². The predicted molar refractivity (Wildman–Crippen MR) is 85.5 cm³/mol. The van der Waals surface area contributed by atoms with E-state index in [1.807, 2.05) is 0 Å². The van der Waals surface area contributed by atoms with E-state index in [4.69, 9.17) is 6.42 Å². The van der Waals surface area contributed by atoms with Gasteiger partial charge < -0.3 is 5.32 Å². The first kappa shape index (κ1) is 15.1. The van der Waals surface area contributed by atoms with Gasteiger partial charge >= 0.3 is 0 Å². The summed E-state index contributed by atoms with van der Waals surface area (Å²) < 4.78 is 0. The van der Waals surface area contributed by atoms with E-state index in [-0.39, 0.29) is 0 Å². The summed E-state index contributed by atoms with van der Waals surface area (Å²) in [6.45, 7) is 6.60. The molecule has 2 heteroatoms. The molecule has 2 rings (SSSR count). The molecule has 0 saturated carbocycles. The highest BCUT2D eigenvalue weighted by molar-refractivity contribution is 5.21. The minimum Gasteiger partial charge on any atom is -0.311 e. The minimum atomic E-state index is 0.442. The molecule has 1 saturated heterocycles. The highest BCUT2D eigenvalue weighted by Gasteiger charge is 2.31. The molecule has 1 aromatic rings. The predicted octanol–water partition coefficient (Wildman–Crippen LogP) is 3.21. The van der Waals surface area contributed by atoms with Crippen LogP contribution in [0.5, 0.6) is 0 Å². The zero-order valence-corrected chi connectivity index (χ0v) is 12.7. The Morgan fingerprint density at radius 2 is 2.10 bits per heavy atom. The van der Waals surface area contributed by atoms with E-state index in [2.05, 4.69) is 60.3 Å². The molecular weight excluding hydrogens is 244 g/mol. The van der Waals surface area contributed by atoms with Gasteiger partial charge in [-0.05, 0) is 18.4 Å². The van der Waals surface area contributed by atoms with Gasteiger partial charge in [0.2, 0.25) is 0 Å². The van der Waals surface area contributed by atoms with Gasteiger partial charge in [0.15, 0.2) is 0 Å². The van der Waals surface area contributed by atoms with Crippen LogP contribution in [0.3, 0.4) is 0 Å². The Morgan fingerprint density at radius 1 is 1.35 bits per heavy atom. The number of benzene rings is 1. The van der Waals surface area contributed by atoms with Gasteiger partial charge in [-0.3, -0.25) is 4.90 Å². The van der Waals surface area contributed by atoms with E-state index in [9.17, 15) is 0 Å². The van der Waals surface area contributed by atoms with Crippen LogP contribution in [0.25, 0.3) is 0 Å². The molecule has 0 aromatic heterocycles. The summed E-state index contributed by atoms with van der Waals surface area (Å²) in [6.07, 6.45) is 8.70. The minimum absolute atomic E-state index is 0.442. The van der Waals surface area contributed by atoms with Crippen molar-refractivity contribution in [3.05, 3.63) is 35.9 Å². The lowest BCUT2D eigenvalue weighted by Gasteiger charge is -2.44. The van der Waals surface area contributed by atoms with Crippen LogP contribution in [0.2, 0.25) is 0 Å². The second-order valence-electron chi connectivity index (χ2n) is 5.61. The number of rotatable bonds is 5. The number of nitrogens with zero attached hydrogens (tertiary/aromatic N) is 1. The fourth-order valence-electron chi connectivity index (χ4n) is 3.14. The quantitative estimate of drug-likeness (QED) is 0.827. The average molecular weight is 270 g/mol. The molecule has 0 bridgehead atoms. The van der Waals surface area contributed by atoms with Crippen LogP contribution in [0.15, 0.2) is 30.3 Å².